The standard InChI is InChI=1S/C28H22N6O2/c35-28(36)24-17-34-26(23(24)13-19-7-3-1-4-8-19)27(29-18-31-34)32-22-11-12-25-21(14-22)15-30-33(25)16-20-9-5-2-6-10-20/h1-12,14-15,17-18H,13,16H2,(H,35,36)(H,29,31,32). The van der Waals surface area contributed by atoms with E-state index in [9.17, 15) is 9.90 Å². The second-order valence-electron chi connectivity index (χ2n) is 8.58. The Hall–Kier alpha value is -4.98. The third-order valence-corrected chi connectivity index (χ3v) is 6.21. The predicted octanol–water partition coefficient (Wildman–Crippen LogP) is 5.16. The number of hydrogen-bond donors (Lipinski definition) is 2. The zero-order chi connectivity index (χ0) is 24.5. The molecule has 0 aliphatic carbocycles. The maximum Gasteiger partial charge on any atom is 0.337 e. The van der Waals surface area contributed by atoms with Gasteiger partial charge < -0.3 is 10.4 Å². The Morgan fingerprint density at radius 2 is 1.67 bits per heavy atom. The highest BCUT2D eigenvalue weighted by molar-refractivity contribution is 5.95. The van der Waals surface area contributed by atoms with Crippen molar-refractivity contribution in [1.29, 1.82) is 0 Å². The van der Waals surface area contributed by atoms with Gasteiger partial charge in [-0.25, -0.2) is 14.3 Å². The maximum atomic E-state index is 12.0. The smallest absolute Gasteiger partial charge is 0.337 e. The van der Waals surface area contributed by atoms with Crippen molar-refractivity contribution >= 4 is 33.9 Å². The number of aromatic carboxylic acids is 1. The minimum atomic E-state index is -0.996. The second-order valence-corrected chi connectivity index (χ2v) is 8.58. The van der Waals surface area contributed by atoms with Crippen molar-refractivity contribution in [3.05, 3.63) is 120 Å². The SMILES string of the molecule is O=C(O)c1cn2ncnc(Nc3ccc4c(cnn4Cc4ccccc4)c3)c2c1Cc1ccccc1. The fourth-order valence-corrected chi connectivity index (χ4v) is 4.51. The van der Waals surface area contributed by atoms with E-state index in [1.165, 1.54) is 11.9 Å². The Bertz CT molecular complexity index is 1690. The normalized spacial score (nSPS) is 11.2. The Balaban J connectivity index is 1.37. The van der Waals surface area contributed by atoms with Crippen molar-refractivity contribution in [2.45, 2.75) is 13.0 Å². The first kappa shape index (κ1) is 21.5. The van der Waals surface area contributed by atoms with Gasteiger partial charge in [0.2, 0.25) is 0 Å². The average Bonchev–Trinajstić information content (AvgIpc) is 3.47. The van der Waals surface area contributed by atoms with Crippen LogP contribution in [0.4, 0.5) is 11.5 Å². The molecule has 0 saturated heterocycles. The number of rotatable bonds is 7. The highest BCUT2D eigenvalue weighted by atomic mass is 16.4. The van der Waals surface area contributed by atoms with Gasteiger partial charge in [0.1, 0.15) is 11.8 Å². The molecule has 6 aromatic rings. The summed E-state index contributed by atoms with van der Waals surface area (Å²) < 4.78 is 3.55. The molecular weight excluding hydrogens is 452 g/mol. The second kappa shape index (κ2) is 8.99. The van der Waals surface area contributed by atoms with Gasteiger partial charge in [-0.3, -0.25) is 4.68 Å². The summed E-state index contributed by atoms with van der Waals surface area (Å²) in [5.41, 5.74) is 5.55. The number of carboxylic acids is 1. The molecule has 0 spiro atoms. The molecule has 176 valence electrons. The summed E-state index contributed by atoms with van der Waals surface area (Å²) in [5, 5.41) is 23.1. The molecule has 0 atom stereocenters. The number of fused-ring (bicyclic) bond motifs is 2. The molecule has 3 aromatic carbocycles. The average molecular weight is 475 g/mol. The van der Waals surface area contributed by atoms with Gasteiger partial charge in [-0.05, 0) is 29.3 Å². The van der Waals surface area contributed by atoms with E-state index in [-0.39, 0.29) is 5.56 Å². The Morgan fingerprint density at radius 3 is 2.42 bits per heavy atom. The summed E-state index contributed by atoms with van der Waals surface area (Å²) in [7, 11) is 0. The summed E-state index contributed by atoms with van der Waals surface area (Å²) in [6.45, 7) is 0.689. The molecule has 3 heterocycles. The molecule has 8 nitrogen and oxygen atoms in total. The number of aromatic nitrogens is 5. The van der Waals surface area contributed by atoms with Crippen LogP contribution in [0.1, 0.15) is 27.0 Å². The molecule has 0 amide bonds. The van der Waals surface area contributed by atoms with Crippen LogP contribution in [0.5, 0.6) is 0 Å². The maximum absolute atomic E-state index is 12.0. The molecular formula is C28H22N6O2. The summed E-state index contributed by atoms with van der Waals surface area (Å²) in [4.78, 5) is 16.5. The fourth-order valence-electron chi connectivity index (χ4n) is 4.51. The van der Waals surface area contributed by atoms with Crippen LogP contribution in [0, 0.1) is 0 Å². The Labute approximate surface area is 206 Å². The van der Waals surface area contributed by atoms with Gasteiger partial charge in [0.25, 0.3) is 0 Å². The summed E-state index contributed by atoms with van der Waals surface area (Å²) in [6.07, 6.45) is 5.26. The zero-order valence-electron chi connectivity index (χ0n) is 19.2. The third kappa shape index (κ3) is 4.05. The molecule has 0 unspecified atom stereocenters. The molecule has 0 fully saturated rings. The molecule has 6 rings (SSSR count). The van der Waals surface area contributed by atoms with E-state index in [0.717, 1.165) is 22.2 Å². The van der Waals surface area contributed by atoms with Crippen LogP contribution in [0.15, 0.2) is 97.6 Å². The van der Waals surface area contributed by atoms with Crippen LogP contribution in [0.2, 0.25) is 0 Å². The third-order valence-electron chi connectivity index (χ3n) is 6.21. The first-order valence-corrected chi connectivity index (χ1v) is 11.5. The molecule has 0 bridgehead atoms. The monoisotopic (exact) mass is 474 g/mol. The molecule has 3 aromatic heterocycles. The topological polar surface area (TPSA) is 97.3 Å². The van der Waals surface area contributed by atoms with Gasteiger partial charge >= 0.3 is 5.97 Å². The predicted molar refractivity (Wildman–Crippen MR) is 138 cm³/mol. The zero-order valence-corrected chi connectivity index (χ0v) is 19.2. The lowest BCUT2D eigenvalue weighted by Crippen LogP contribution is -2.03. The number of hydrogen-bond acceptors (Lipinski definition) is 5. The van der Waals surface area contributed by atoms with E-state index >= 15 is 0 Å². The van der Waals surface area contributed by atoms with Crippen LogP contribution in [0.25, 0.3) is 16.4 Å². The molecule has 36 heavy (non-hydrogen) atoms. The minimum Gasteiger partial charge on any atom is -0.478 e. The van der Waals surface area contributed by atoms with Crippen molar-refractivity contribution in [2.24, 2.45) is 0 Å². The quantitative estimate of drug-likeness (QED) is 0.332. The minimum absolute atomic E-state index is 0.208. The summed E-state index contributed by atoms with van der Waals surface area (Å²) in [5.74, 6) is -0.455. The van der Waals surface area contributed by atoms with Gasteiger partial charge in [-0.2, -0.15) is 10.2 Å². The molecule has 2 N–H and O–H groups in total. The van der Waals surface area contributed by atoms with Crippen LogP contribution in [-0.2, 0) is 13.0 Å². The van der Waals surface area contributed by atoms with E-state index in [1.807, 2.05) is 77.6 Å². The largest absolute Gasteiger partial charge is 0.478 e. The van der Waals surface area contributed by atoms with Gasteiger partial charge in [0, 0.05) is 29.3 Å². The van der Waals surface area contributed by atoms with Crippen molar-refractivity contribution in [3.63, 3.8) is 0 Å². The van der Waals surface area contributed by atoms with Crippen molar-refractivity contribution in [1.82, 2.24) is 24.4 Å². The van der Waals surface area contributed by atoms with E-state index in [1.54, 1.807) is 10.7 Å². The number of nitrogens with zero attached hydrogens (tertiary/aromatic N) is 5. The van der Waals surface area contributed by atoms with E-state index in [2.05, 4.69) is 32.6 Å². The first-order valence-electron chi connectivity index (χ1n) is 11.5. The lowest BCUT2D eigenvalue weighted by molar-refractivity contribution is 0.0696. The summed E-state index contributed by atoms with van der Waals surface area (Å²) in [6, 6.07) is 26.0. The van der Waals surface area contributed by atoms with Crippen molar-refractivity contribution < 1.29 is 9.90 Å². The van der Waals surface area contributed by atoms with E-state index in [4.69, 9.17) is 0 Å². The lowest BCUT2D eigenvalue weighted by Gasteiger charge is -2.10. The number of anilines is 2. The van der Waals surface area contributed by atoms with Crippen LogP contribution < -0.4 is 5.32 Å². The molecule has 0 aliphatic rings. The van der Waals surface area contributed by atoms with Gasteiger partial charge in [-0.1, -0.05) is 60.7 Å². The van der Waals surface area contributed by atoms with Crippen LogP contribution in [-0.4, -0.2) is 35.5 Å². The fraction of sp³-hybridized carbons (Fsp3) is 0.0714. The molecule has 8 heteroatoms. The highest BCUT2D eigenvalue weighted by Gasteiger charge is 2.21. The molecule has 0 radical (unpaired) electrons. The number of carboxylic acid groups (broad SMARTS) is 1. The van der Waals surface area contributed by atoms with E-state index < -0.39 is 5.97 Å². The van der Waals surface area contributed by atoms with Crippen molar-refractivity contribution in [3.8, 4) is 0 Å². The lowest BCUT2D eigenvalue weighted by atomic mass is 10.0. The summed E-state index contributed by atoms with van der Waals surface area (Å²) >= 11 is 0. The van der Waals surface area contributed by atoms with Crippen LogP contribution in [0.3, 0.4) is 0 Å². The number of benzene rings is 3. The van der Waals surface area contributed by atoms with E-state index in [0.29, 0.717) is 29.9 Å². The van der Waals surface area contributed by atoms with Gasteiger partial charge in [0.15, 0.2) is 5.82 Å². The van der Waals surface area contributed by atoms with Gasteiger partial charge in [0.05, 0.1) is 23.8 Å². The Kier molecular flexibility index (Phi) is 5.38. The van der Waals surface area contributed by atoms with Crippen molar-refractivity contribution in [2.75, 3.05) is 5.32 Å². The molecule has 0 saturated carbocycles. The van der Waals surface area contributed by atoms with Gasteiger partial charge in [-0.15, -0.1) is 0 Å². The number of carbonyl (C=O) groups is 1. The Morgan fingerprint density at radius 1 is 0.917 bits per heavy atom. The van der Waals surface area contributed by atoms with Crippen LogP contribution >= 0.6 is 0 Å². The highest BCUT2D eigenvalue weighted by Crippen LogP contribution is 2.29. The first-order chi connectivity index (χ1) is 17.7. The molecule has 0 aliphatic heterocycles. The number of nitrogens with one attached hydrogen (secondary N) is 1.